The molecule has 1 N–H and O–H groups in total. The fourth-order valence-electron chi connectivity index (χ4n) is 1.78. The van der Waals surface area contributed by atoms with Crippen molar-refractivity contribution in [3.63, 3.8) is 0 Å². The number of nitrogens with zero attached hydrogens (tertiary/aromatic N) is 2. The normalized spacial score (nSPS) is 13.1. The van der Waals surface area contributed by atoms with Crippen LogP contribution in [0.25, 0.3) is 11.4 Å². The van der Waals surface area contributed by atoms with Crippen molar-refractivity contribution in [3.05, 3.63) is 29.8 Å². The van der Waals surface area contributed by atoms with Gasteiger partial charge in [-0.25, -0.2) is 8.42 Å². The van der Waals surface area contributed by atoms with E-state index in [2.05, 4.69) is 15.5 Å². The summed E-state index contributed by atoms with van der Waals surface area (Å²) in [5, 5.41) is 6.92. The van der Waals surface area contributed by atoms with Gasteiger partial charge in [0, 0.05) is 17.9 Å². The molecule has 0 saturated carbocycles. The fourth-order valence-corrected chi connectivity index (χ4v) is 2.56. The van der Waals surface area contributed by atoms with Gasteiger partial charge >= 0.3 is 6.01 Å². The van der Waals surface area contributed by atoms with E-state index < -0.39 is 9.84 Å². The lowest BCUT2D eigenvalue weighted by Crippen LogP contribution is -2.19. The molecule has 0 unspecified atom stereocenters. The van der Waals surface area contributed by atoms with Crippen molar-refractivity contribution in [2.24, 2.45) is 0 Å². The zero-order valence-corrected chi connectivity index (χ0v) is 13.1. The van der Waals surface area contributed by atoms with Crippen LogP contribution < -0.4 is 5.32 Å². The molecule has 0 radical (unpaired) electrons. The first-order valence-corrected chi connectivity index (χ1v) is 8.74. The standard InChI is InChI=1S/C14H19N3O3S/c1-10-4-6-12(7-5-10)13-16-14(20-17-13)15-11(2)8-9-21(3,18)19/h4-7,11H,8-9H2,1-3H3,(H,15,16,17)/t11-/m0/s1. The Morgan fingerprint density at radius 2 is 1.95 bits per heavy atom. The Hall–Kier alpha value is -1.89. The van der Waals surface area contributed by atoms with Crippen LogP contribution in [0.1, 0.15) is 18.9 Å². The van der Waals surface area contributed by atoms with Gasteiger partial charge in [0.05, 0.1) is 5.75 Å². The summed E-state index contributed by atoms with van der Waals surface area (Å²) in [6, 6.07) is 8.05. The van der Waals surface area contributed by atoms with Gasteiger partial charge < -0.3 is 9.84 Å². The van der Waals surface area contributed by atoms with Gasteiger partial charge in [0.25, 0.3) is 0 Å². The van der Waals surface area contributed by atoms with E-state index in [0.29, 0.717) is 18.3 Å². The Bertz CT molecular complexity index is 693. The van der Waals surface area contributed by atoms with Crippen LogP contribution in [0.4, 0.5) is 6.01 Å². The number of aromatic nitrogens is 2. The van der Waals surface area contributed by atoms with Crippen molar-refractivity contribution in [1.29, 1.82) is 0 Å². The van der Waals surface area contributed by atoms with Gasteiger partial charge in [0.15, 0.2) is 0 Å². The first kappa shape index (κ1) is 15.5. The molecule has 7 heteroatoms. The summed E-state index contributed by atoms with van der Waals surface area (Å²) < 4.78 is 27.4. The maximum Gasteiger partial charge on any atom is 0.321 e. The third-order valence-electron chi connectivity index (χ3n) is 3.03. The SMILES string of the molecule is Cc1ccc(-c2noc(N[C@@H](C)CCS(C)(=O)=O)n2)cc1. The zero-order valence-electron chi connectivity index (χ0n) is 12.3. The topological polar surface area (TPSA) is 85.1 Å². The van der Waals surface area contributed by atoms with Crippen LogP contribution in [0.15, 0.2) is 28.8 Å². The second-order valence-electron chi connectivity index (χ2n) is 5.25. The lowest BCUT2D eigenvalue weighted by molar-refractivity contribution is 0.428. The summed E-state index contributed by atoms with van der Waals surface area (Å²) in [4.78, 5) is 4.26. The lowest BCUT2D eigenvalue weighted by Gasteiger charge is -2.10. The quantitative estimate of drug-likeness (QED) is 0.881. The van der Waals surface area contributed by atoms with Crippen molar-refractivity contribution >= 4 is 15.9 Å². The smallest absolute Gasteiger partial charge is 0.321 e. The number of sulfone groups is 1. The first-order chi connectivity index (χ1) is 9.83. The van der Waals surface area contributed by atoms with Crippen LogP contribution in [-0.2, 0) is 9.84 Å². The number of benzene rings is 1. The van der Waals surface area contributed by atoms with E-state index in [1.165, 1.54) is 6.26 Å². The van der Waals surface area contributed by atoms with E-state index >= 15 is 0 Å². The average Bonchev–Trinajstić information content (AvgIpc) is 2.85. The minimum absolute atomic E-state index is 0.0638. The molecule has 0 aliphatic carbocycles. The predicted molar refractivity (Wildman–Crippen MR) is 81.9 cm³/mol. The second kappa shape index (κ2) is 6.26. The predicted octanol–water partition coefficient (Wildman–Crippen LogP) is 2.28. The molecular weight excluding hydrogens is 290 g/mol. The van der Waals surface area contributed by atoms with Crippen LogP contribution in [-0.4, -0.2) is 36.6 Å². The summed E-state index contributed by atoms with van der Waals surface area (Å²) in [5.41, 5.74) is 2.04. The largest absolute Gasteiger partial charge is 0.335 e. The molecule has 0 spiro atoms. The number of nitrogens with one attached hydrogen (secondary N) is 1. The van der Waals surface area contributed by atoms with Gasteiger partial charge in [0.1, 0.15) is 9.84 Å². The summed E-state index contributed by atoms with van der Waals surface area (Å²) in [7, 11) is -2.96. The van der Waals surface area contributed by atoms with Gasteiger partial charge in [-0.1, -0.05) is 35.0 Å². The molecule has 2 rings (SSSR count). The molecule has 1 atom stereocenters. The van der Waals surface area contributed by atoms with Crippen molar-refractivity contribution in [3.8, 4) is 11.4 Å². The van der Waals surface area contributed by atoms with Crippen LogP contribution in [0.5, 0.6) is 0 Å². The van der Waals surface area contributed by atoms with Gasteiger partial charge in [-0.3, -0.25) is 0 Å². The second-order valence-corrected chi connectivity index (χ2v) is 7.51. The van der Waals surface area contributed by atoms with Crippen molar-refractivity contribution in [1.82, 2.24) is 10.1 Å². The number of hydrogen-bond donors (Lipinski definition) is 1. The van der Waals surface area contributed by atoms with Gasteiger partial charge in [-0.05, 0) is 20.3 Å². The van der Waals surface area contributed by atoms with Crippen molar-refractivity contribution in [2.45, 2.75) is 26.3 Å². The molecule has 0 aliphatic rings. The van der Waals surface area contributed by atoms with E-state index in [9.17, 15) is 8.42 Å². The highest BCUT2D eigenvalue weighted by Crippen LogP contribution is 2.18. The third-order valence-corrected chi connectivity index (χ3v) is 4.00. The molecule has 1 heterocycles. The van der Waals surface area contributed by atoms with Gasteiger partial charge in [-0.2, -0.15) is 4.98 Å². The summed E-state index contributed by atoms with van der Waals surface area (Å²) in [6.45, 7) is 3.89. The molecule has 114 valence electrons. The maximum absolute atomic E-state index is 11.1. The minimum Gasteiger partial charge on any atom is -0.335 e. The van der Waals surface area contributed by atoms with E-state index in [0.717, 1.165) is 11.1 Å². The van der Waals surface area contributed by atoms with Crippen LogP contribution in [0, 0.1) is 6.92 Å². The molecule has 1 aromatic heterocycles. The summed E-state index contributed by atoms with van der Waals surface area (Å²) in [5.74, 6) is 0.632. The molecule has 0 aliphatic heterocycles. The Kier molecular flexibility index (Phi) is 4.62. The number of anilines is 1. The summed E-state index contributed by atoms with van der Waals surface area (Å²) >= 11 is 0. The Morgan fingerprint density at radius 1 is 1.29 bits per heavy atom. The number of hydrogen-bond acceptors (Lipinski definition) is 6. The Morgan fingerprint density at radius 3 is 2.57 bits per heavy atom. The van der Waals surface area contributed by atoms with E-state index in [1.54, 1.807) is 0 Å². The van der Waals surface area contributed by atoms with E-state index in [-0.39, 0.29) is 11.8 Å². The number of aryl methyl sites for hydroxylation is 1. The molecule has 0 saturated heterocycles. The minimum atomic E-state index is -2.96. The van der Waals surface area contributed by atoms with Crippen LogP contribution in [0.2, 0.25) is 0 Å². The average molecular weight is 309 g/mol. The molecule has 21 heavy (non-hydrogen) atoms. The summed E-state index contributed by atoms with van der Waals surface area (Å²) in [6.07, 6.45) is 1.71. The fraction of sp³-hybridized carbons (Fsp3) is 0.429. The van der Waals surface area contributed by atoms with Crippen molar-refractivity contribution < 1.29 is 12.9 Å². The van der Waals surface area contributed by atoms with E-state index in [1.807, 2.05) is 38.1 Å². The zero-order chi connectivity index (χ0) is 15.5. The molecule has 0 fully saturated rings. The van der Waals surface area contributed by atoms with Gasteiger partial charge in [-0.15, -0.1) is 0 Å². The van der Waals surface area contributed by atoms with Gasteiger partial charge in [0.2, 0.25) is 5.82 Å². The third kappa shape index (κ3) is 4.86. The monoisotopic (exact) mass is 309 g/mol. The molecule has 0 bridgehead atoms. The van der Waals surface area contributed by atoms with Crippen LogP contribution in [0.3, 0.4) is 0 Å². The first-order valence-electron chi connectivity index (χ1n) is 6.68. The number of rotatable bonds is 6. The highest BCUT2D eigenvalue weighted by molar-refractivity contribution is 7.90. The van der Waals surface area contributed by atoms with Crippen LogP contribution >= 0.6 is 0 Å². The molecule has 2 aromatic rings. The Balaban J connectivity index is 1.98. The lowest BCUT2D eigenvalue weighted by atomic mass is 10.1. The molecule has 6 nitrogen and oxygen atoms in total. The van der Waals surface area contributed by atoms with Crippen molar-refractivity contribution in [2.75, 3.05) is 17.3 Å². The van der Waals surface area contributed by atoms with E-state index in [4.69, 9.17) is 4.52 Å². The Labute approximate surface area is 124 Å². The molecule has 1 aromatic carbocycles. The maximum atomic E-state index is 11.1. The molecule has 0 amide bonds. The molecular formula is C14H19N3O3S. The highest BCUT2D eigenvalue weighted by atomic mass is 32.2. The highest BCUT2D eigenvalue weighted by Gasteiger charge is 2.12.